The predicted octanol–water partition coefficient (Wildman–Crippen LogP) is 3.27. The molecule has 0 aliphatic rings. The summed E-state index contributed by atoms with van der Waals surface area (Å²) in [5.74, 6) is 0.648. The van der Waals surface area contributed by atoms with Crippen LogP contribution in [0.2, 0.25) is 0 Å². The maximum Gasteiger partial charge on any atom is 0.261 e. The zero-order chi connectivity index (χ0) is 15.6. The van der Waals surface area contributed by atoms with Gasteiger partial charge in [-0.25, -0.2) is 13.4 Å². The molecule has 0 saturated heterocycles. The van der Waals surface area contributed by atoms with E-state index in [-0.39, 0.29) is 4.90 Å². The van der Waals surface area contributed by atoms with Gasteiger partial charge < -0.3 is 4.74 Å². The summed E-state index contributed by atoms with van der Waals surface area (Å²) in [5.41, 5.74) is 2.02. The van der Waals surface area contributed by atoms with Gasteiger partial charge in [-0.15, -0.1) is 0 Å². The van der Waals surface area contributed by atoms with Crippen LogP contribution >= 0.6 is 15.9 Å². The Labute approximate surface area is 132 Å². The highest BCUT2D eigenvalue weighted by molar-refractivity contribution is 9.10. The lowest BCUT2D eigenvalue weighted by Gasteiger charge is -2.11. The van der Waals surface area contributed by atoms with Crippen molar-refractivity contribution in [1.29, 1.82) is 0 Å². The molecule has 1 heterocycles. The van der Waals surface area contributed by atoms with E-state index in [4.69, 9.17) is 4.74 Å². The van der Waals surface area contributed by atoms with Gasteiger partial charge in [0.05, 0.1) is 23.9 Å². The van der Waals surface area contributed by atoms with Crippen molar-refractivity contribution < 1.29 is 13.2 Å². The number of sulfonamides is 1. The van der Waals surface area contributed by atoms with Crippen molar-refractivity contribution in [1.82, 2.24) is 4.98 Å². The van der Waals surface area contributed by atoms with Gasteiger partial charge in [0.25, 0.3) is 10.0 Å². The first-order valence-electron chi connectivity index (χ1n) is 6.13. The molecule has 2 aromatic rings. The van der Waals surface area contributed by atoms with E-state index in [9.17, 15) is 8.42 Å². The highest BCUT2D eigenvalue weighted by atomic mass is 79.9. The van der Waals surface area contributed by atoms with Gasteiger partial charge >= 0.3 is 0 Å². The molecule has 0 atom stereocenters. The minimum absolute atomic E-state index is 0.182. The maximum absolute atomic E-state index is 12.4. The number of anilines is 1. The Hall–Kier alpha value is -1.60. The van der Waals surface area contributed by atoms with E-state index in [1.54, 1.807) is 32.2 Å². The van der Waals surface area contributed by atoms with Crippen molar-refractivity contribution in [2.24, 2.45) is 0 Å². The molecule has 1 aromatic carbocycles. The molecular weight excluding hydrogens is 356 g/mol. The number of pyridine rings is 1. The zero-order valence-corrected chi connectivity index (χ0v) is 14.2. The minimum Gasteiger partial charge on any atom is -0.496 e. The van der Waals surface area contributed by atoms with Crippen LogP contribution in [0.4, 0.5) is 5.69 Å². The second kappa shape index (κ2) is 6.03. The Balaban J connectivity index is 2.33. The van der Waals surface area contributed by atoms with Crippen LogP contribution in [0.3, 0.4) is 0 Å². The molecule has 1 aromatic heterocycles. The van der Waals surface area contributed by atoms with Crippen LogP contribution < -0.4 is 9.46 Å². The highest BCUT2D eigenvalue weighted by Crippen LogP contribution is 2.24. The lowest BCUT2D eigenvalue weighted by molar-refractivity contribution is 0.411. The van der Waals surface area contributed by atoms with Gasteiger partial charge in [0.1, 0.15) is 10.4 Å². The number of rotatable bonds is 4. The number of ether oxygens (including phenoxy) is 1. The van der Waals surface area contributed by atoms with Crippen LogP contribution in [0.1, 0.15) is 11.1 Å². The Kier molecular flexibility index (Phi) is 4.53. The second-order valence-electron chi connectivity index (χ2n) is 4.57. The van der Waals surface area contributed by atoms with Crippen molar-refractivity contribution in [2.75, 3.05) is 11.8 Å². The first-order chi connectivity index (χ1) is 9.83. The standard InChI is InChI=1S/C14H15BrN2O3S/c1-9-7-12(4-5-13(9)20-3)21(18,19)17-11-6-10(2)14(15)16-8-11/h4-8,17H,1-3H3. The van der Waals surface area contributed by atoms with Crippen molar-refractivity contribution in [2.45, 2.75) is 18.7 Å². The van der Waals surface area contributed by atoms with Crippen LogP contribution in [-0.2, 0) is 10.0 Å². The van der Waals surface area contributed by atoms with E-state index in [1.165, 1.54) is 12.3 Å². The van der Waals surface area contributed by atoms with E-state index in [1.807, 2.05) is 6.92 Å². The number of hydrogen-bond acceptors (Lipinski definition) is 4. The van der Waals surface area contributed by atoms with E-state index < -0.39 is 10.0 Å². The number of aromatic nitrogens is 1. The fourth-order valence-electron chi connectivity index (χ4n) is 1.85. The third kappa shape index (κ3) is 3.54. The Morgan fingerprint density at radius 1 is 1.19 bits per heavy atom. The van der Waals surface area contributed by atoms with Gasteiger partial charge in [0, 0.05) is 0 Å². The van der Waals surface area contributed by atoms with E-state index in [0.29, 0.717) is 16.0 Å². The molecule has 0 spiro atoms. The van der Waals surface area contributed by atoms with Gasteiger partial charge in [-0.05, 0) is 65.2 Å². The smallest absolute Gasteiger partial charge is 0.261 e. The summed E-state index contributed by atoms with van der Waals surface area (Å²) in [6, 6.07) is 6.42. The van der Waals surface area contributed by atoms with E-state index >= 15 is 0 Å². The normalized spacial score (nSPS) is 11.2. The molecule has 7 heteroatoms. The first-order valence-corrected chi connectivity index (χ1v) is 8.40. The summed E-state index contributed by atoms with van der Waals surface area (Å²) in [4.78, 5) is 4.25. The number of methoxy groups -OCH3 is 1. The molecular formula is C14H15BrN2O3S. The molecule has 0 fully saturated rings. The largest absolute Gasteiger partial charge is 0.496 e. The van der Waals surface area contributed by atoms with Crippen molar-refractivity contribution in [3.63, 3.8) is 0 Å². The maximum atomic E-state index is 12.4. The van der Waals surface area contributed by atoms with Crippen molar-refractivity contribution >= 4 is 31.6 Å². The molecule has 0 saturated carbocycles. The van der Waals surface area contributed by atoms with Crippen LogP contribution in [0.15, 0.2) is 40.0 Å². The molecule has 21 heavy (non-hydrogen) atoms. The third-order valence-corrected chi connectivity index (χ3v) is 5.15. The van der Waals surface area contributed by atoms with Crippen molar-refractivity contribution in [3.05, 3.63) is 46.2 Å². The lowest BCUT2D eigenvalue weighted by Crippen LogP contribution is -2.13. The monoisotopic (exact) mass is 370 g/mol. The van der Waals surface area contributed by atoms with E-state index in [2.05, 4.69) is 25.6 Å². The quantitative estimate of drug-likeness (QED) is 0.838. The molecule has 5 nitrogen and oxygen atoms in total. The van der Waals surface area contributed by atoms with Gasteiger partial charge in [-0.3, -0.25) is 4.72 Å². The summed E-state index contributed by atoms with van der Waals surface area (Å²) in [7, 11) is -2.10. The molecule has 0 aliphatic carbocycles. The number of benzene rings is 1. The number of nitrogens with zero attached hydrogens (tertiary/aromatic N) is 1. The van der Waals surface area contributed by atoms with Gasteiger partial charge in [-0.2, -0.15) is 0 Å². The average Bonchev–Trinajstić information content (AvgIpc) is 2.42. The second-order valence-corrected chi connectivity index (χ2v) is 7.00. The number of hydrogen-bond donors (Lipinski definition) is 1. The molecule has 112 valence electrons. The predicted molar refractivity (Wildman–Crippen MR) is 85.2 cm³/mol. The first kappa shape index (κ1) is 15.8. The van der Waals surface area contributed by atoms with Crippen molar-refractivity contribution in [3.8, 4) is 5.75 Å². The fraction of sp³-hybridized carbons (Fsp3) is 0.214. The summed E-state index contributed by atoms with van der Waals surface area (Å²) < 4.78 is 33.0. The summed E-state index contributed by atoms with van der Waals surface area (Å²) in [6.45, 7) is 3.63. The molecule has 2 rings (SSSR count). The molecule has 0 aliphatic heterocycles. The molecule has 0 amide bonds. The zero-order valence-electron chi connectivity index (χ0n) is 11.8. The Morgan fingerprint density at radius 2 is 1.90 bits per heavy atom. The molecule has 0 radical (unpaired) electrons. The van der Waals surface area contributed by atoms with Crippen LogP contribution in [0.25, 0.3) is 0 Å². The third-order valence-electron chi connectivity index (χ3n) is 2.94. The summed E-state index contributed by atoms with van der Waals surface area (Å²) in [5, 5.41) is 0. The van der Waals surface area contributed by atoms with Gasteiger partial charge in [0.15, 0.2) is 0 Å². The van der Waals surface area contributed by atoms with Crippen LogP contribution in [-0.4, -0.2) is 20.5 Å². The van der Waals surface area contributed by atoms with E-state index in [0.717, 1.165) is 11.1 Å². The highest BCUT2D eigenvalue weighted by Gasteiger charge is 2.16. The summed E-state index contributed by atoms with van der Waals surface area (Å²) >= 11 is 3.28. The number of aryl methyl sites for hydroxylation is 2. The molecule has 0 unspecified atom stereocenters. The van der Waals surface area contributed by atoms with Crippen LogP contribution in [0, 0.1) is 13.8 Å². The lowest BCUT2D eigenvalue weighted by atomic mass is 10.2. The number of nitrogens with one attached hydrogen (secondary N) is 1. The van der Waals surface area contributed by atoms with Gasteiger partial charge in [-0.1, -0.05) is 0 Å². The SMILES string of the molecule is COc1ccc(S(=O)(=O)Nc2cnc(Br)c(C)c2)cc1C. The Bertz CT molecular complexity index is 776. The Morgan fingerprint density at radius 3 is 2.48 bits per heavy atom. The van der Waals surface area contributed by atoms with Gasteiger partial charge in [0.2, 0.25) is 0 Å². The fourth-order valence-corrected chi connectivity index (χ4v) is 3.18. The molecule has 0 bridgehead atoms. The average molecular weight is 371 g/mol. The topological polar surface area (TPSA) is 68.3 Å². The number of halogens is 1. The molecule has 1 N–H and O–H groups in total. The minimum atomic E-state index is -3.65. The van der Waals surface area contributed by atoms with Crippen LogP contribution in [0.5, 0.6) is 5.75 Å². The summed E-state index contributed by atoms with van der Waals surface area (Å²) in [6.07, 6.45) is 1.46.